The summed E-state index contributed by atoms with van der Waals surface area (Å²) in [5.74, 6) is -0.158. The highest BCUT2D eigenvalue weighted by Gasteiger charge is 2.17. The average molecular weight is 360 g/mol. The molecule has 0 atom stereocenters. The van der Waals surface area contributed by atoms with Gasteiger partial charge in [-0.25, -0.2) is 0 Å². The Morgan fingerprint density at radius 1 is 0.900 bits per heavy atom. The van der Waals surface area contributed by atoms with Crippen LogP contribution in [0.5, 0.6) is 0 Å². The zero-order valence-corrected chi connectivity index (χ0v) is 9.04. The second kappa shape index (κ2) is 3.12. The molecular weight excluding hydrogens is 358 g/mol. The molecule has 0 bridgehead atoms. The first-order valence-electron chi connectivity index (χ1n) is 2.45. The summed E-state index contributed by atoms with van der Waals surface area (Å²) in [5, 5.41) is 0. The highest BCUT2D eigenvalue weighted by molar-refractivity contribution is 14.1. The van der Waals surface area contributed by atoms with E-state index in [0.717, 1.165) is 0 Å². The number of halogens is 2. The minimum absolute atomic E-state index is 0.0791. The Kier molecular flexibility index (Phi) is 2.61. The number of carbonyl (C=O) groups excluding carboxylic acids is 2. The number of hydrogen-bond acceptors (Lipinski definition) is 2. The van der Waals surface area contributed by atoms with Crippen molar-refractivity contribution in [3.63, 3.8) is 0 Å². The van der Waals surface area contributed by atoms with E-state index < -0.39 is 0 Å². The fraction of sp³-hybridized carbons (Fsp3) is 0. The lowest BCUT2D eigenvalue weighted by atomic mass is 10.2. The van der Waals surface area contributed by atoms with Gasteiger partial charge in [-0.2, -0.15) is 0 Å². The highest BCUT2D eigenvalue weighted by atomic mass is 127. The van der Waals surface area contributed by atoms with E-state index in [1.165, 1.54) is 12.2 Å². The first-order valence-corrected chi connectivity index (χ1v) is 4.60. The third-order valence-electron chi connectivity index (χ3n) is 1.01. The summed E-state index contributed by atoms with van der Waals surface area (Å²) in [5.41, 5.74) is 0. The lowest BCUT2D eigenvalue weighted by Gasteiger charge is -2.01. The maximum atomic E-state index is 10.8. The molecule has 0 saturated heterocycles. The maximum absolute atomic E-state index is 10.8. The molecule has 0 amide bonds. The summed E-state index contributed by atoms with van der Waals surface area (Å²) in [7, 11) is 0. The van der Waals surface area contributed by atoms with Crippen LogP contribution in [0.1, 0.15) is 0 Å². The highest BCUT2D eigenvalue weighted by Crippen LogP contribution is 2.24. The normalized spacial score (nSPS) is 18.6. The monoisotopic (exact) mass is 360 g/mol. The summed E-state index contributed by atoms with van der Waals surface area (Å²) in [4.78, 5) is 21.7. The van der Waals surface area contributed by atoms with Crippen LogP contribution in [0.3, 0.4) is 0 Å². The molecule has 0 radical (unpaired) electrons. The van der Waals surface area contributed by atoms with Gasteiger partial charge in [0.15, 0.2) is 11.6 Å². The molecule has 0 saturated carbocycles. The van der Waals surface area contributed by atoms with E-state index in [2.05, 4.69) is 0 Å². The van der Waals surface area contributed by atoms with Crippen LogP contribution in [0, 0.1) is 0 Å². The van der Waals surface area contributed by atoms with E-state index in [-0.39, 0.29) is 11.6 Å². The van der Waals surface area contributed by atoms with Gasteiger partial charge in [-0.15, -0.1) is 0 Å². The van der Waals surface area contributed by atoms with E-state index >= 15 is 0 Å². The number of carbonyl (C=O) groups is 2. The third-order valence-corrected chi connectivity index (χ3v) is 4.19. The molecule has 0 heterocycles. The van der Waals surface area contributed by atoms with Crippen molar-refractivity contribution in [2.75, 3.05) is 0 Å². The summed E-state index contributed by atoms with van der Waals surface area (Å²) in [6, 6.07) is 0. The minimum atomic E-state index is -0.0791. The number of allylic oxidation sites excluding steroid dienone is 4. The van der Waals surface area contributed by atoms with Gasteiger partial charge in [0, 0.05) is 0 Å². The molecule has 0 fully saturated rings. The molecule has 0 aromatic heterocycles. The molecular formula is C6H2I2O2. The van der Waals surface area contributed by atoms with E-state index in [4.69, 9.17) is 0 Å². The van der Waals surface area contributed by atoms with Crippen molar-refractivity contribution >= 4 is 56.7 Å². The Labute approximate surface area is 85.0 Å². The molecule has 1 aliphatic carbocycles. The van der Waals surface area contributed by atoms with Gasteiger partial charge in [-0.05, 0) is 57.3 Å². The van der Waals surface area contributed by atoms with E-state index in [1.54, 1.807) is 0 Å². The Balaban J connectivity index is 3.12. The molecule has 0 aromatic carbocycles. The molecule has 0 spiro atoms. The first kappa shape index (κ1) is 8.38. The maximum Gasteiger partial charge on any atom is 0.193 e. The third kappa shape index (κ3) is 1.47. The molecule has 4 heteroatoms. The second-order valence-electron chi connectivity index (χ2n) is 1.69. The Hall–Kier alpha value is 0.280. The van der Waals surface area contributed by atoms with Crippen molar-refractivity contribution in [3.8, 4) is 0 Å². The van der Waals surface area contributed by atoms with Crippen LogP contribution in [-0.4, -0.2) is 11.6 Å². The summed E-state index contributed by atoms with van der Waals surface area (Å²) >= 11 is 3.75. The number of ketones is 2. The first-order chi connectivity index (χ1) is 4.63. The minimum Gasteiger partial charge on any atom is -0.289 e. The van der Waals surface area contributed by atoms with Crippen molar-refractivity contribution in [2.45, 2.75) is 0 Å². The topological polar surface area (TPSA) is 34.1 Å². The van der Waals surface area contributed by atoms with Crippen LogP contribution in [0.2, 0.25) is 0 Å². The van der Waals surface area contributed by atoms with Gasteiger partial charge < -0.3 is 0 Å². The fourth-order valence-corrected chi connectivity index (χ4v) is 1.41. The smallest absolute Gasteiger partial charge is 0.193 e. The van der Waals surface area contributed by atoms with Crippen LogP contribution >= 0.6 is 45.2 Å². The Morgan fingerprint density at radius 2 is 1.20 bits per heavy atom. The van der Waals surface area contributed by atoms with Crippen molar-refractivity contribution in [2.24, 2.45) is 0 Å². The van der Waals surface area contributed by atoms with E-state index in [1.807, 2.05) is 45.2 Å². The van der Waals surface area contributed by atoms with Crippen LogP contribution in [0.25, 0.3) is 0 Å². The predicted molar refractivity (Wildman–Crippen MR) is 54.2 cm³/mol. The standard InChI is InChI=1S/C6H2I2O2/c7-5-3(9)1-2-4(10)6(5)8/h1-2H. The van der Waals surface area contributed by atoms with Crippen molar-refractivity contribution in [1.82, 2.24) is 0 Å². The number of hydrogen-bond donors (Lipinski definition) is 0. The molecule has 0 aromatic rings. The van der Waals surface area contributed by atoms with Gasteiger partial charge in [0.05, 0.1) is 7.16 Å². The molecule has 0 aliphatic heterocycles. The molecule has 1 aliphatic rings. The SMILES string of the molecule is O=C1C=CC(=O)C(I)=C1I. The van der Waals surface area contributed by atoms with Gasteiger partial charge >= 0.3 is 0 Å². The zero-order chi connectivity index (χ0) is 7.72. The van der Waals surface area contributed by atoms with Gasteiger partial charge in [-0.1, -0.05) is 0 Å². The van der Waals surface area contributed by atoms with Crippen LogP contribution in [0.15, 0.2) is 19.3 Å². The van der Waals surface area contributed by atoms with E-state index in [9.17, 15) is 9.59 Å². The van der Waals surface area contributed by atoms with Crippen molar-refractivity contribution < 1.29 is 9.59 Å². The lowest BCUT2D eigenvalue weighted by molar-refractivity contribution is -0.114. The molecule has 0 unspecified atom stereocenters. The fourth-order valence-electron chi connectivity index (χ4n) is 0.514. The molecule has 2 nitrogen and oxygen atoms in total. The summed E-state index contributed by atoms with van der Waals surface area (Å²) in [6.07, 6.45) is 2.60. The predicted octanol–water partition coefficient (Wildman–Crippen LogP) is 1.78. The van der Waals surface area contributed by atoms with Crippen molar-refractivity contribution in [1.29, 1.82) is 0 Å². The largest absolute Gasteiger partial charge is 0.289 e. The van der Waals surface area contributed by atoms with Crippen LogP contribution in [-0.2, 0) is 9.59 Å². The van der Waals surface area contributed by atoms with Gasteiger partial charge in [0.2, 0.25) is 0 Å². The van der Waals surface area contributed by atoms with E-state index in [0.29, 0.717) is 7.16 Å². The molecule has 1 rings (SSSR count). The average Bonchev–Trinajstić information content (AvgIpc) is 1.93. The summed E-state index contributed by atoms with van der Waals surface area (Å²) < 4.78 is 1.04. The molecule has 52 valence electrons. The van der Waals surface area contributed by atoms with Gasteiger partial charge in [0.25, 0.3) is 0 Å². The summed E-state index contributed by atoms with van der Waals surface area (Å²) in [6.45, 7) is 0. The van der Waals surface area contributed by atoms with Gasteiger partial charge in [0.1, 0.15) is 0 Å². The quantitative estimate of drug-likeness (QED) is 0.488. The molecule has 10 heavy (non-hydrogen) atoms. The lowest BCUT2D eigenvalue weighted by Crippen LogP contribution is -2.06. The Bertz CT molecular complexity index is 237. The van der Waals surface area contributed by atoms with Crippen molar-refractivity contribution in [3.05, 3.63) is 19.3 Å². The van der Waals surface area contributed by atoms with Crippen LogP contribution < -0.4 is 0 Å². The second-order valence-corrected chi connectivity index (χ2v) is 3.85. The zero-order valence-electron chi connectivity index (χ0n) is 4.73. The van der Waals surface area contributed by atoms with Gasteiger partial charge in [-0.3, -0.25) is 9.59 Å². The van der Waals surface area contributed by atoms with Crippen LogP contribution in [0.4, 0.5) is 0 Å². The molecule has 0 N–H and O–H groups in total. The Morgan fingerprint density at radius 3 is 1.50 bits per heavy atom. The number of rotatable bonds is 0.